The van der Waals surface area contributed by atoms with Gasteiger partial charge in [0.1, 0.15) is 22.9 Å². The van der Waals surface area contributed by atoms with E-state index in [2.05, 4.69) is 15.3 Å². The highest BCUT2D eigenvalue weighted by molar-refractivity contribution is 5.96. The standard InChI is InChI=1S/C26H25N3O5/c1-4-34-26(31)23-13-18-12-16(9-11-21(18)29-23)20-6-5-7-22(28-20)25(30)27-15-17-8-10-19(32-2)14-24(17)33-3/h5-14,29H,4,15H2,1-3H3,(H,27,30). The van der Waals surface area contributed by atoms with Crippen molar-refractivity contribution in [1.82, 2.24) is 15.3 Å². The summed E-state index contributed by atoms with van der Waals surface area (Å²) in [5, 5.41) is 3.74. The van der Waals surface area contributed by atoms with E-state index in [1.54, 1.807) is 45.4 Å². The largest absolute Gasteiger partial charge is 0.497 e. The van der Waals surface area contributed by atoms with Gasteiger partial charge in [0.25, 0.3) is 5.91 Å². The van der Waals surface area contributed by atoms with Crippen LogP contribution in [0.25, 0.3) is 22.2 Å². The minimum absolute atomic E-state index is 0.282. The van der Waals surface area contributed by atoms with E-state index in [0.29, 0.717) is 35.2 Å². The van der Waals surface area contributed by atoms with Gasteiger partial charge in [-0.15, -0.1) is 0 Å². The third kappa shape index (κ3) is 4.85. The first-order chi connectivity index (χ1) is 16.5. The number of nitrogens with zero attached hydrogens (tertiary/aromatic N) is 1. The number of hydrogen-bond acceptors (Lipinski definition) is 6. The molecule has 0 spiro atoms. The van der Waals surface area contributed by atoms with E-state index in [9.17, 15) is 9.59 Å². The Hall–Kier alpha value is -4.33. The molecule has 8 nitrogen and oxygen atoms in total. The van der Waals surface area contributed by atoms with Crippen molar-refractivity contribution < 1.29 is 23.8 Å². The van der Waals surface area contributed by atoms with Gasteiger partial charge >= 0.3 is 5.97 Å². The molecule has 0 unspecified atom stereocenters. The van der Waals surface area contributed by atoms with E-state index in [1.165, 1.54) is 0 Å². The van der Waals surface area contributed by atoms with Gasteiger partial charge in [-0.05, 0) is 49.4 Å². The van der Waals surface area contributed by atoms with Crippen molar-refractivity contribution in [3.63, 3.8) is 0 Å². The Bertz CT molecular complexity index is 1350. The summed E-state index contributed by atoms with van der Waals surface area (Å²) in [5.74, 6) is 0.607. The molecule has 0 saturated carbocycles. The summed E-state index contributed by atoms with van der Waals surface area (Å²) in [6.07, 6.45) is 0. The minimum Gasteiger partial charge on any atom is -0.497 e. The average Bonchev–Trinajstić information content (AvgIpc) is 3.31. The first-order valence-corrected chi connectivity index (χ1v) is 10.8. The minimum atomic E-state index is -0.398. The van der Waals surface area contributed by atoms with Crippen LogP contribution in [0.4, 0.5) is 0 Å². The molecular weight excluding hydrogens is 434 g/mol. The molecule has 8 heteroatoms. The molecular formula is C26H25N3O5. The quantitative estimate of drug-likeness (QED) is 0.380. The third-order valence-electron chi connectivity index (χ3n) is 5.33. The molecule has 0 radical (unpaired) electrons. The number of amides is 1. The molecule has 2 heterocycles. The highest BCUT2D eigenvalue weighted by atomic mass is 16.5. The number of rotatable bonds is 8. The molecule has 174 valence electrons. The summed E-state index contributed by atoms with van der Waals surface area (Å²) in [6.45, 7) is 2.36. The van der Waals surface area contributed by atoms with Gasteiger partial charge in [-0.25, -0.2) is 9.78 Å². The molecule has 0 aliphatic rings. The monoisotopic (exact) mass is 459 g/mol. The number of carbonyl (C=O) groups is 2. The van der Waals surface area contributed by atoms with Crippen molar-refractivity contribution in [2.75, 3.05) is 20.8 Å². The predicted molar refractivity (Wildman–Crippen MR) is 128 cm³/mol. The summed E-state index contributed by atoms with van der Waals surface area (Å²) in [7, 11) is 3.16. The molecule has 2 aromatic heterocycles. The Morgan fingerprint density at radius 2 is 1.85 bits per heavy atom. The Kier molecular flexibility index (Phi) is 6.77. The zero-order valence-electron chi connectivity index (χ0n) is 19.2. The molecule has 4 rings (SSSR count). The molecule has 2 N–H and O–H groups in total. The maximum Gasteiger partial charge on any atom is 0.354 e. The van der Waals surface area contributed by atoms with Crippen LogP contribution in [0.2, 0.25) is 0 Å². The fraction of sp³-hybridized carbons (Fsp3) is 0.192. The van der Waals surface area contributed by atoms with Crippen molar-refractivity contribution in [2.45, 2.75) is 13.5 Å². The number of hydrogen-bond donors (Lipinski definition) is 2. The van der Waals surface area contributed by atoms with E-state index >= 15 is 0 Å². The number of benzene rings is 2. The molecule has 0 saturated heterocycles. The van der Waals surface area contributed by atoms with E-state index in [4.69, 9.17) is 14.2 Å². The highest BCUT2D eigenvalue weighted by Crippen LogP contribution is 2.26. The lowest BCUT2D eigenvalue weighted by Crippen LogP contribution is -2.24. The predicted octanol–water partition coefficient (Wildman–Crippen LogP) is 4.35. The van der Waals surface area contributed by atoms with Gasteiger partial charge in [-0.3, -0.25) is 4.79 Å². The van der Waals surface area contributed by atoms with Gasteiger partial charge in [0.2, 0.25) is 0 Å². The van der Waals surface area contributed by atoms with Gasteiger partial charge < -0.3 is 24.5 Å². The second kappa shape index (κ2) is 10.1. The van der Waals surface area contributed by atoms with E-state index in [0.717, 1.165) is 22.0 Å². The Morgan fingerprint density at radius 1 is 1.00 bits per heavy atom. The van der Waals surface area contributed by atoms with Crippen molar-refractivity contribution in [3.05, 3.63) is 77.6 Å². The smallest absolute Gasteiger partial charge is 0.354 e. The number of ether oxygens (including phenoxy) is 3. The Morgan fingerprint density at radius 3 is 2.62 bits per heavy atom. The van der Waals surface area contributed by atoms with Crippen molar-refractivity contribution in [3.8, 4) is 22.8 Å². The Labute approximate surface area is 196 Å². The molecule has 0 atom stereocenters. The maximum absolute atomic E-state index is 12.8. The molecule has 0 bridgehead atoms. The van der Waals surface area contributed by atoms with Gasteiger partial charge in [0, 0.05) is 34.6 Å². The van der Waals surface area contributed by atoms with Crippen LogP contribution in [0.1, 0.15) is 33.5 Å². The molecule has 2 aromatic carbocycles. The third-order valence-corrected chi connectivity index (χ3v) is 5.33. The van der Waals surface area contributed by atoms with Crippen molar-refractivity contribution in [1.29, 1.82) is 0 Å². The van der Waals surface area contributed by atoms with Crippen LogP contribution in [-0.2, 0) is 11.3 Å². The van der Waals surface area contributed by atoms with E-state index in [-0.39, 0.29) is 12.5 Å². The summed E-state index contributed by atoms with van der Waals surface area (Å²) in [6, 6.07) is 18.1. The number of pyridine rings is 1. The number of methoxy groups -OCH3 is 2. The second-order valence-electron chi connectivity index (χ2n) is 7.47. The van der Waals surface area contributed by atoms with E-state index < -0.39 is 5.97 Å². The number of aromatic nitrogens is 2. The zero-order valence-corrected chi connectivity index (χ0v) is 19.2. The number of fused-ring (bicyclic) bond motifs is 1. The number of aromatic amines is 1. The first-order valence-electron chi connectivity index (χ1n) is 10.8. The molecule has 34 heavy (non-hydrogen) atoms. The first kappa shape index (κ1) is 22.8. The normalized spacial score (nSPS) is 10.7. The van der Waals surface area contributed by atoms with Crippen LogP contribution in [0.3, 0.4) is 0 Å². The summed E-state index contributed by atoms with van der Waals surface area (Å²) in [5.41, 5.74) is 3.80. The lowest BCUT2D eigenvalue weighted by Gasteiger charge is -2.11. The van der Waals surface area contributed by atoms with Gasteiger partial charge in [-0.1, -0.05) is 12.1 Å². The van der Waals surface area contributed by atoms with Gasteiger partial charge in [0.05, 0.1) is 26.5 Å². The van der Waals surface area contributed by atoms with Crippen LogP contribution in [0, 0.1) is 0 Å². The maximum atomic E-state index is 12.8. The lowest BCUT2D eigenvalue weighted by molar-refractivity contribution is 0.0520. The van der Waals surface area contributed by atoms with Gasteiger partial charge in [0.15, 0.2) is 0 Å². The Balaban J connectivity index is 1.52. The summed E-state index contributed by atoms with van der Waals surface area (Å²) >= 11 is 0. The number of esters is 1. The highest BCUT2D eigenvalue weighted by Gasteiger charge is 2.13. The zero-order chi connectivity index (χ0) is 24.1. The van der Waals surface area contributed by atoms with Crippen LogP contribution >= 0.6 is 0 Å². The fourth-order valence-electron chi connectivity index (χ4n) is 3.60. The topological polar surface area (TPSA) is 103 Å². The average molecular weight is 460 g/mol. The lowest BCUT2D eigenvalue weighted by atomic mass is 10.1. The van der Waals surface area contributed by atoms with Crippen LogP contribution < -0.4 is 14.8 Å². The van der Waals surface area contributed by atoms with Gasteiger partial charge in [-0.2, -0.15) is 0 Å². The fourth-order valence-corrected chi connectivity index (χ4v) is 3.60. The molecule has 4 aromatic rings. The van der Waals surface area contributed by atoms with Crippen LogP contribution in [0.5, 0.6) is 11.5 Å². The molecule has 0 aliphatic heterocycles. The number of nitrogens with one attached hydrogen (secondary N) is 2. The summed E-state index contributed by atoms with van der Waals surface area (Å²) < 4.78 is 15.7. The number of carbonyl (C=O) groups excluding carboxylic acids is 2. The van der Waals surface area contributed by atoms with E-state index in [1.807, 2.05) is 36.4 Å². The SMILES string of the molecule is CCOC(=O)c1cc2cc(-c3cccc(C(=O)NCc4ccc(OC)cc4OC)n3)ccc2[nH]1. The second-order valence-corrected chi connectivity index (χ2v) is 7.47. The van der Waals surface area contributed by atoms with Crippen LogP contribution in [0.15, 0.2) is 60.7 Å². The van der Waals surface area contributed by atoms with Crippen molar-refractivity contribution >= 4 is 22.8 Å². The molecule has 1 amide bonds. The molecule has 0 aliphatic carbocycles. The molecule has 0 fully saturated rings. The van der Waals surface area contributed by atoms with Crippen LogP contribution in [-0.4, -0.2) is 42.7 Å². The van der Waals surface area contributed by atoms with Crippen molar-refractivity contribution in [2.24, 2.45) is 0 Å². The number of H-pyrrole nitrogens is 1. The summed E-state index contributed by atoms with van der Waals surface area (Å²) in [4.78, 5) is 32.4.